The van der Waals surface area contributed by atoms with Gasteiger partial charge in [-0.3, -0.25) is 9.69 Å². The molecule has 0 spiro atoms. The Morgan fingerprint density at radius 2 is 1.73 bits per heavy atom. The predicted molar refractivity (Wildman–Crippen MR) is 81.1 cm³/mol. The second-order valence-corrected chi connectivity index (χ2v) is 7.74. The van der Waals surface area contributed by atoms with E-state index in [1.54, 1.807) is 12.1 Å². The summed E-state index contributed by atoms with van der Waals surface area (Å²) in [5, 5.41) is 0.503. The molecule has 2 aliphatic rings. The van der Waals surface area contributed by atoms with Gasteiger partial charge in [0.15, 0.2) is 0 Å². The third kappa shape index (κ3) is 2.99. The predicted octanol–water partition coefficient (Wildman–Crippen LogP) is 0.962. The highest BCUT2D eigenvalue weighted by Gasteiger charge is 2.36. The Hall–Kier alpha value is -1.15. The Morgan fingerprint density at radius 1 is 1.09 bits per heavy atom. The van der Waals surface area contributed by atoms with E-state index in [4.69, 9.17) is 16.3 Å². The van der Waals surface area contributed by atoms with Gasteiger partial charge < -0.3 is 4.74 Å². The summed E-state index contributed by atoms with van der Waals surface area (Å²) in [4.78, 5) is 13.8. The quantitative estimate of drug-likeness (QED) is 0.764. The van der Waals surface area contributed by atoms with Crippen molar-refractivity contribution in [2.45, 2.75) is 17.4 Å². The van der Waals surface area contributed by atoms with E-state index < -0.39 is 10.0 Å². The number of piperazine rings is 1. The molecule has 8 heteroatoms. The number of nitrogens with zero attached hydrogens (tertiary/aromatic N) is 2. The van der Waals surface area contributed by atoms with Crippen LogP contribution in [-0.4, -0.2) is 62.4 Å². The van der Waals surface area contributed by atoms with Crippen molar-refractivity contribution in [3.05, 3.63) is 29.3 Å². The van der Waals surface area contributed by atoms with Gasteiger partial charge in [-0.2, -0.15) is 4.31 Å². The average Bonchev–Trinajstić information content (AvgIpc) is 2.94. The molecule has 2 fully saturated rings. The lowest BCUT2D eigenvalue weighted by Crippen LogP contribution is -2.52. The largest absolute Gasteiger partial charge is 0.464 e. The maximum absolute atomic E-state index is 12.6. The number of esters is 1. The summed E-state index contributed by atoms with van der Waals surface area (Å²) in [7, 11) is -3.51. The molecule has 3 rings (SSSR count). The molecule has 0 saturated carbocycles. The van der Waals surface area contributed by atoms with Gasteiger partial charge >= 0.3 is 5.97 Å². The van der Waals surface area contributed by atoms with Gasteiger partial charge in [-0.1, -0.05) is 11.6 Å². The summed E-state index contributed by atoms with van der Waals surface area (Å²) in [5.41, 5.74) is 0. The van der Waals surface area contributed by atoms with Gasteiger partial charge in [0.2, 0.25) is 10.0 Å². The highest BCUT2D eigenvalue weighted by atomic mass is 35.5. The van der Waals surface area contributed by atoms with Crippen molar-refractivity contribution in [3.8, 4) is 0 Å². The van der Waals surface area contributed by atoms with Crippen LogP contribution < -0.4 is 0 Å². The lowest BCUT2D eigenvalue weighted by molar-refractivity contribution is -0.142. The Morgan fingerprint density at radius 3 is 2.27 bits per heavy atom. The molecule has 6 nitrogen and oxygen atoms in total. The monoisotopic (exact) mass is 344 g/mol. The zero-order chi connectivity index (χ0) is 15.7. The molecule has 120 valence electrons. The fourth-order valence-electron chi connectivity index (χ4n) is 2.83. The van der Waals surface area contributed by atoms with Crippen molar-refractivity contribution >= 4 is 27.6 Å². The number of ether oxygens (including phenoxy) is 1. The molecule has 1 aromatic rings. The molecule has 0 aliphatic carbocycles. The van der Waals surface area contributed by atoms with Gasteiger partial charge in [-0.25, -0.2) is 8.42 Å². The van der Waals surface area contributed by atoms with Crippen LogP contribution in [0, 0.1) is 0 Å². The Bertz CT molecular complexity index is 654. The Balaban J connectivity index is 1.68. The van der Waals surface area contributed by atoms with Crippen molar-refractivity contribution in [2.24, 2.45) is 0 Å². The van der Waals surface area contributed by atoms with Crippen LogP contribution in [0.3, 0.4) is 0 Å². The first-order valence-corrected chi connectivity index (χ1v) is 8.97. The fourth-order valence-corrected chi connectivity index (χ4v) is 4.38. The van der Waals surface area contributed by atoms with E-state index in [1.165, 1.54) is 16.4 Å². The second kappa shape index (κ2) is 6.16. The van der Waals surface area contributed by atoms with Crippen LogP contribution >= 0.6 is 11.6 Å². The minimum absolute atomic E-state index is 0.200. The number of carbonyl (C=O) groups is 1. The minimum atomic E-state index is -3.51. The molecule has 2 aliphatic heterocycles. The van der Waals surface area contributed by atoms with Gasteiger partial charge in [0, 0.05) is 37.6 Å². The molecule has 0 N–H and O–H groups in total. The van der Waals surface area contributed by atoms with E-state index in [0.717, 1.165) is 0 Å². The summed E-state index contributed by atoms with van der Waals surface area (Å²) >= 11 is 5.79. The SMILES string of the molecule is O=C1OCC[C@H]1N1CCN(S(=O)(=O)c2ccc(Cl)cc2)CC1. The third-order valence-corrected chi connectivity index (χ3v) is 6.24. The lowest BCUT2D eigenvalue weighted by Gasteiger charge is -2.35. The van der Waals surface area contributed by atoms with Crippen LogP contribution in [-0.2, 0) is 19.6 Å². The zero-order valence-electron chi connectivity index (χ0n) is 11.9. The fraction of sp³-hybridized carbons (Fsp3) is 0.500. The summed E-state index contributed by atoms with van der Waals surface area (Å²) in [6.07, 6.45) is 0.683. The number of halogens is 1. The molecule has 0 amide bonds. The van der Waals surface area contributed by atoms with Crippen LogP contribution in [0.2, 0.25) is 5.02 Å². The van der Waals surface area contributed by atoms with Crippen LogP contribution in [0.1, 0.15) is 6.42 Å². The van der Waals surface area contributed by atoms with Crippen LogP contribution in [0.4, 0.5) is 0 Å². The van der Waals surface area contributed by atoms with E-state index in [1.807, 2.05) is 4.90 Å². The van der Waals surface area contributed by atoms with Crippen molar-refractivity contribution in [2.75, 3.05) is 32.8 Å². The second-order valence-electron chi connectivity index (χ2n) is 5.37. The van der Waals surface area contributed by atoms with Crippen molar-refractivity contribution in [3.63, 3.8) is 0 Å². The first-order valence-electron chi connectivity index (χ1n) is 7.15. The molecule has 1 aromatic carbocycles. The highest BCUT2D eigenvalue weighted by Crippen LogP contribution is 2.22. The molecular formula is C14H17ClN2O4S. The molecule has 1 atom stereocenters. The lowest BCUT2D eigenvalue weighted by atomic mass is 10.2. The smallest absolute Gasteiger partial charge is 0.323 e. The first kappa shape index (κ1) is 15.7. The molecule has 2 heterocycles. The standard InChI is InChI=1S/C14H17ClN2O4S/c15-11-1-3-12(4-2-11)22(19,20)17-8-6-16(7-9-17)13-5-10-21-14(13)18/h1-4,13H,5-10H2/t13-/m1/s1. The van der Waals surface area contributed by atoms with Gasteiger partial charge in [-0.15, -0.1) is 0 Å². The summed E-state index contributed by atoms with van der Waals surface area (Å²) in [6.45, 7) is 2.26. The molecule has 0 radical (unpaired) electrons. The normalized spacial score (nSPS) is 24.4. The number of sulfonamides is 1. The van der Waals surface area contributed by atoms with E-state index in [9.17, 15) is 13.2 Å². The number of carbonyl (C=O) groups excluding carboxylic acids is 1. The summed E-state index contributed by atoms with van der Waals surface area (Å²) in [6, 6.07) is 5.94. The highest BCUT2D eigenvalue weighted by molar-refractivity contribution is 7.89. The average molecular weight is 345 g/mol. The van der Waals surface area contributed by atoms with E-state index in [0.29, 0.717) is 44.2 Å². The van der Waals surface area contributed by atoms with Crippen LogP contribution in [0.15, 0.2) is 29.2 Å². The van der Waals surface area contributed by atoms with Gasteiger partial charge in [0.05, 0.1) is 11.5 Å². The summed E-state index contributed by atoms with van der Waals surface area (Å²) in [5.74, 6) is -0.200. The van der Waals surface area contributed by atoms with Gasteiger partial charge in [-0.05, 0) is 24.3 Å². The number of benzene rings is 1. The topological polar surface area (TPSA) is 66.9 Å². The zero-order valence-corrected chi connectivity index (χ0v) is 13.5. The van der Waals surface area contributed by atoms with Crippen LogP contribution in [0.5, 0.6) is 0 Å². The summed E-state index contributed by atoms with van der Waals surface area (Å²) < 4.78 is 31.5. The number of hydrogen-bond donors (Lipinski definition) is 0. The molecule has 2 saturated heterocycles. The van der Waals surface area contributed by atoms with Crippen molar-refractivity contribution in [1.82, 2.24) is 9.21 Å². The molecular weight excluding hydrogens is 328 g/mol. The van der Waals surface area contributed by atoms with Crippen molar-refractivity contribution < 1.29 is 17.9 Å². The van der Waals surface area contributed by atoms with E-state index >= 15 is 0 Å². The maximum atomic E-state index is 12.6. The van der Waals surface area contributed by atoms with Crippen LogP contribution in [0.25, 0.3) is 0 Å². The van der Waals surface area contributed by atoms with Crippen molar-refractivity contribution in [1.29, 1.82) is 0 Å². The molecule has 0 unspecified atom stereocenters. The van der Waals surface area contributed by atoms with E-state index in [-0.39, 0.29) is 16.9 Å². The molecule has 22 heavy (non-hydrogen) atoms. The Labute approximate surface area is 134 Å². The first-order chi connectivity index (χ1) is 10.5. The molecule has 0 aromatic heterocycles. The number of hydrogen-bond acceptors (Lipinski definition) is 5. The molecule has 0 bridgehead atoms. The minimum Gasteiger partial charge on any atom is -0.464 e. The maximum Gasteiger partial charge on any atom is 0.323 e. The number of cyclic esters (lactones) is 1. The van der Waals surface area contributed by atoms with Gasteiger partial charge in [0.25, 0.3) is 0 Å². The third-order valence-electron chi connectivity index (χ3n) is 4.07. The van der Waals surface area contributed by atoms with Gasteiger partial charge in [0.1, 0.15) is 6.04 Å². The number of rotatable bonds is 3. The Kier molecular flexibility index (Phi) is 4.40. The van der Waals surface area contributed by atoms with E-state index in [2.05, 4.69) is 0 Å².